The molecule has 0 aliphatic heterocycles. The van der Waals surface area contributed by atoms with E-state index >= 15 is 0 Å². The van der Waals surface area contributed by atoms with Gasteiger partial charge in [-0.15, -0.1) is 10.2 Å². The molecule has 16 heavy (non-hydrogen) atoms. The van der Waals surface area contributed by atoms with Gasteiger partial charge in [0, 0.05) is 10.7 Å². The molecule has 0 atom stereocenters. The van der Waals surface area contributed by atoms with Crippen LogP contribution in [0.3, 0.4) is 0 Å². The van der Waals surface area contributed by atoms with Crippen molar-refractivity contribution in [3.05, 3.63) is 34.8 Å². The van der Waals surface area contributed by atoms with Crippen molar-refractivity contribution in [1.29, 1.82) is 0 Å². The molecule has 2 rings (SSSR count). The van der Waals surface area contributed by atoms with Gasteiger partial charge in [0.1, 0.15) is 5.51 Å². The lowest BCUT2D eigenvalue weighted by molar-refractivity contribution is 0.262. The van der Waals surface area contributed by atoms with E-state index < -0.39 is 0 Å². The Kier molecular flexibility index (Phi) is 3.33. The highest BCUT2D eigenvalue weighted by Crippen LogP contribution is 2.15. The van der Waals surface area contributed by atoms with Gasteiger partial charge in [-0.3, -0.25) is 5.32 Å². The average molecular weight is 255 g/mol. The number of urea groups is 1. The third-order valence-electron chi connectivity index (χ3n) is 1.66. The lowest BCUT2D eigenvalue weighted by atomic mass is 10.3. The second-order valence-corrected chi connectivity index (χ2v) is 4.10. The number of benzene rings is 1. The fraction of sp³-hybridized carbons (Fsp3) is 0. The van der Waals surface area contributed by atoms with Gasteiger partial charge in [-0.25, -0.2) is 4.79 Å². The van der Waals surface area contributed by atoms with Crippen LogP contribution in [0.1, 0.15) is 0 Å². The number of carbonyl (C=O) groups is 1. The van der Waals surface area contributed by atoms with Gasteiger partial charge in [-0.2, -0.15) is 0 Å². The number of halogens is 1. The summed E-state index contributed by atoms with van der Waals surface area (Å²) in [6.07, 6.45) is 0. The molecular weight excluding hydrogens is 248 g/mol. The number of hydrogen-bond acceptors (Lipinski definition) is 4. The number of nitrogens with zero attached hydrogens (tertiary/aromatic N) is 2. The summed E-state index contributed by atoms with van der Waals surface area (Å²) in [5.41, 5.74) is 2.16. The zero-order valence-corrected chi connectivity index (χ0v) is 9.55. The van der Waals surface area contributed by atoms with Crippen LogP contribution in [0, 0.1) is 0 Å². The highest BCUT2D eigenvalue weighted by Gasteiger charge is 2.04. The van der Waals surface area contributed by atoms with E-state index in [2.05, 4.69) is 20.8 Å². The molecule has 82 valence electrons. The van der Waals surface area contributed by atoms with E-state index in [0.29, 0.717) is 15.8 Å². The summed E-state index contributed by atoms with van der Waals surface area (Å²) < 4.78 is 0. The number of nitrogens with one attached hydrogen (secondary N) is 2. The van der Waals surface area contributed by atoms with E-state index in [4.69, 9.17) is 11.6 Å². The minimum absolute atomic E-state index is 0.376. The summed E-state index contributed by atoms with van der Waals surface area (Å²) in [5.74, 6) is 0. The first-order valence-corrected chi connectivity index (χ1v) is 5.59. The molecule has 0 spiro atoms. The van der Waals surface area contributed by atoms with Crippen LogP contribution in [0.15, 0.2) is 29.8 Å². The molecule has 2 amide bonds. The van der Waals surface area contributed by atoms with Crippen LogP contribution in [0.4, 0.5) is 15.6 Å². The first kappa shape index (κ1) is 10.8. The molecule has 0 aliphatic carbocycles. The van der Waals surface area contributed by atoms with Crippen LogP contribution in [-0.4, -0.2) is 16.2 Å². The molecule has 1 aromatic heterocycles. The fourth-order valence-electron chi connectivity index (χ4n) is 1.05. The molecule has 0 saturated carbocycles. The van der Waals surface area contributed by atoms with Crippen molar-refractivity contribution in [2.45, 2.75) is 0 Å². The Hall–Kier alpha value is -1.66. The molecule has 2 N–H and O–H groups in total. The summed E-state index contributed by atoms with van der Waals surface area (Å²) in [7, 11) is 0. The standard InChI is InChI=1S/C9H7ClN4OS/c10-6-2-1-3-7(4-6)12-8(15)13-9-14-11-5-16-9/h1-5H,(H2,12,13,14,15). The van der Waals surface area contributed by atoms with Crippen molar-refractivity contribution in [1.82, 2.24) is 10.2 Å². The normalized spacial score (nSPS) is 9.81. The maximum Gasteiger partial charge on any atom is 0.325 e. The summed E-state index contributed by atoms with van der Waals surface area (Å²) >= 11 is 7.02. The zero-order chi connectivity index (χ0) is 11.4. The number of aromatic nitrogens is 2. The van der Waals surface area contributed by atoms with Gasteiger partial charge in [0.25, 0.3) is 0 Å². The number of anilines is 2. The molecule has 1 aromatic carbocycles. The van der Waals surface area contributed by atoms with E-state index in [-0.39, 0.29) is 6.03 Å². The molecule has 0 bridgehead atoms. The maximum absolute atomic E-state index is 11.5. The lowest BCUT2D eigenvalue weighted by Gasteiger charge is -2.04. The number of amides is 2. The topological polar surface area (TPSA) is 66.9 Å². The van der Waals surface area contributed by atoms with Crippen molar-refractivity contribution in [3.63, 3.8) is 0 Å². The highest BCUT2D eigenvalue weighted by atomic mass is 35.5. The molecule has 0 fully saturated rings. The monoisotopic (exact) mass is 254 g/mol. The quantitative estimate of drug-likeness (QED) is 0.866. The molecule has 1 heterocycles. The predicted octanol–water partition coefficient (Wildman–Crippen LogP) is 2.84. The SMILES string of the molecule is O=C(Nc1cccc(Cl)c1)Nc1nncs1. The zero-order valence-electron chi connectivity index (χ0n) is 7.98. The second kappa shape index (κ2) is 4.91. The van der Waals surface area contributed by atoms with Gasteiger partial charge in [0.2, 0.25) is 5.13 Å². The Morgan fingerprint density at radius 3 is 2.94 bits per heavy atom. The second-order valence-electron chi connectivity index (χ2n) is 2.83. The third kappa shape index (κ3) is 2.91. The Morgan fingerprint density at radius 2 is 2.25 bits per heavy atom. The molecule has 0 unspecified atom stereocenters. The van der Waals surface area contributed by atoms with Crippen LogP contribution in [0.25, 0.3) is 0 Å². The Balaban J connectivity index is 1.97. The van der Waals surface area contributed by atoms with E-state index in [1.54, 1.807) is 24.3 Å². The minimum atomic E-state index is -0.376. The van der Waals surface area contributed by atoms with Crippen molar-refractivity contribution >= 4 is 39.8 Å². The van der Waals surface area contributed by atoms with Crippen LogP contribution < -0.4 is 10.6 Å². The first-order valence-electron chi connectivity index (χ1n) is 4.34. The molecule has 0 radical (unpaired) electrons. The van der Waals surface area contributed by atoms with Gasteiger partial charge >= 0.3 is 6.03 Å². The summed E-state index contributed by atoms with van der Waals surface area (Å²) in [6.45, 7) is 0. The molecule has 7 heteroatoms. The van der Waals surface area contributed by atoms with Gasteiger partial charge in [0.15, 0.2) is 0 Å². The Labute approximate surface area is 100 Å². The van der Waals surface area contributed by atoms with E-state index in [0.717, 1.165) is 0 Å². The lowest BCUT2D eigenvalue weighted by Crippen LogP contribution is -2.19. The fourth-order valence-corrected chi connectivity index (χ4v) is 1.68. The first-order chi connectivity index (χ1) is 7.74. The molecule has 5 nitrogen and oxygen atoms in total. The smallest absolute Gasteiger partial charge is 0.308 e. The predicted molar refractivity (Wildman–Crippen MR) is 64.0 cm³/mol. The van der Waals surface area contributed by atoms with Crippen molar-refractivity contribution < 1.29 is 4.79 Å². The minimum Gasteiger partial charge on any atom is -0.308 e. The molecular formula is C9H7ClN4OS. The van der Waals surface area contributed by atoms with Gasteiger partial charge in [-0.1, -0.05) is 29.0 Å². The number of hydrogen-bond donors (Lipinski definition) is 2. The molecule has 0 saturated heterocycles. The largest absolute Gasteiger partial charge is 0.325 e. The summed E-state index contributed by atoms with van der Waals surface area (Å²) in [4.78, 5) is 11.5. The third-order valence-corrected chi connectivity index (χ3v) is 2.50. The maximum atomic E-state index is 11.5. The Bertz CT molecular complexity index is 488. The van der Waals surface area contributed by atoms with Crippen molar-refractivity contribution in [2.24, 2.45) is 0 Å². The van der Waals surface area contributed by atoms with E-state index in [1.807, 2.05) is 0 Å². The van der Waals surface area contributed by atoms with Gasteiger partial charge in [0.05, 0.1) is 0 Å². The van der Waals surface area contributed by atoms with Crippen molar-refractivity contribution in [3.8, 4) is 0 Å². The van der Waals surface area contributed by atoms with Crippen LogP contribution in [0.5, 0.6) is 0 Å². The van der Waals surface area contributed by atoms with E-state index in [1.165, 1.54) is 16.8 Å². The molecule has 2 aromatic rings. The van der Waals surface area contributed by atoms with Gasteiger partial charge < -0.3 is 5.32 Å². The Morgan fingerprint density at radius 1 is 1.38 bits per heavy atom. The van der Waals surface area contributed by atoms with Crippen molar-refractivity contribution in [2.75, 3.05) is 10.6 Å². The average Bonchev–Trinajstić information content (AvgIpc) is 2.70. The van der Waals surface area contributed by atoms with Crippen LogP contribution >= 0.6 is 22.9 Å². The number of carbonyl (C=O) groups excluding carboxylic acids is 1. The van der Waals surface area contributed by atoms with Crippen LogP contribution in [0.2, 0.25) is 5.02 Å². The van der Waals surface area contributed by atoms with E-state index in [9.17, 15) is 4.79 Å². The van der Waals surface area contributed by atoms with Crippen LogP contribution in [-0.2, 0) is 0 Å². The summed E-state index contributed by atoms with van der Waals surface area (Å²) in [5, 5.41) is 13.5. The molecule has 0 aliphatic rings. The highest BCUT2D eigenvalue weighted by molar-refractivity contribution is 7.13. The van der Waals surface area contributed by atoms with Gasteiger partial charge in [-0.05, 0) is 18.2 Å². The summed E-state index contributed by atoms with van der Waals surface area (Å²) in [6, 6.07) is 6.50. The number of rotatable bonds is 2.